The van der Waals surface area contributed by atoms with Crippen molar-refractivity contribution in [1.82, 2.24) is 0 Å². The van der Waals surface area contributed by atoms with Gasteiger partial charge >= 0.3 is 0 Å². The second-order valence-electron chi connectivity index (χ2n) is 5.11. The molecule has 0 saturated heterocycles. The van der Waals surface area contributed by atoms with Crippen LogP contribution in [0.25, 0.3) is 11.1 Å². The molecule has 0 unspecified atom stereocenters. The van der Waals surface area contributed by atoms with Crippen LogP contribution in [-0.2, 0) is 0 Å². The number of rotatable bonds is 3. The Labute approximate surface area is 124 Å². The fourth-order valence-electron chi connectivity index (χ4n) is 2.41. The highest BCUT2D eigenvalue weighted by molar-refractivity contribution is 6.12. The second-order valence-corrected chi connectivity index (χ2v) is 5.11. The zero-order valence-electron chi connectivity index (χ0n) is 11.9. The van der Waals surface area contributed by atoms with Crippen molar-refractivity contribution in [3.63, 3.8) is 0 Å². The summed E-state index contributed by atoms with van der Waals surface area (Å²) in [6.07, 6.45) is 0. The Morgan fingerprint density at radius 3 is 2.05 bits per heavy atom. The molecule has 0 aliphatic heterocycles. The molecule has 0 bridgehead atoms. The van der Waals surface area contributed by atoms with Crippen molar-refractivity contribution < 1.29 is 4.79 Å². The molecule has 1 nitrogen and oxygen atoms in total. The monoisotopic (exact) mass is 272 g/mol. The molecule has 3 aromatic carbocycles. The predicted molar refractivity (Wildman–Crippen MR) is 86.5 cm³/mol. The molecule has 0 amide bonds. The normalized spacial score (nSPS) is 10.3. The average molecular weight is 272 g/mol. The van der Waals surface area contributed by atoms with E-state index in [9.17, 15) is 4.79 Å². The molecule has 0 heterocycles. The van der Waals surface area contributed by atoms with E-state index < -0.39 is 0 Å². The Balaban J connectivity index is 2.08. The Morgan fingerprint density at radius 1 is 0.714 bits per heavy atom. The summed E-state index contributed by atoms with van der Waals surface area (Å²) in [4.78, 5) is 12.7. The molecule has 3 rings (SSSR count). The number of hydrogen-bond acceptors (Lipinski definition) is 1. The predicted octanol–water partition coefficient (Wildman–Crippen LogP) is 4.89. The van der Waals surface area contributed by atoms with Crippen molar-refractivity contribution in [2.75, 3.05) is 0 Å². The molecule has 0 atom stereocenters. The summed E-state index contributed by atoms with van der Waals surface area (Å²) in [6.45, 7) is 2.06. The van der Waals surface area contributed by atoms with Crippen molar-refractivity contribution >= 4 is 5.78 Å². The largest absolute Gasteiger partial charge is 0.289 e. The second kappa shape index (κ2) is 5.76. The minimum absolute atomic E-state index is 0.0618. The fraction of sp³-hybridized carbons (Fsp3) is 0.0500. The zero-order valence-corrected chi connectivity index (χ0v) is 11.9. The van der Waals surface area contributed by atoms with Gasteiger partial charge in [-0.3, -0.25) is 4.79 Å². The summed E-state index contributed by atoms with van der Waals surface area (Å²) >= 11 is 0. The minimum Gasteiger partial charge on any atom is -0.289 e. The summed E-state index contributed by atoms with van der Waals surface area (Å²) in [6, 6.07) is 25.4. The Bertz CT molecular complexity index is 755. The van der Waals surface area contributed by atoms with Gasteiger partial charge in [0.2, 0.25) is 0 Å². The molecule has 0 N–H and O–H groups in total. The van der Waals surface area contributed by atoms with Gasteiger partial charge in [-0.05, 0) is 18.1 Å². The van der Waals surface area contributed by atoms with Crippen molar-refractivity contribution in [3.8, 4) is 11.1 Å². The highest BCUT2D eigenvalue weighted by Crippen LogP contribution is 2.26. The highest BCUT2D eigenvalue weighted by atomic mass is 16.1. The summed E-state index contributed by atoms with van der Waals surface area (Å²) in [5, 5.41) is 0. The van der Waals surface area contributed by atoms with Crippen molar-refractivity contribution in [1.29, 1.82) is 0 Å². The SMILES string of the molecule is Cc1ccc(-c2ccccc2C(=O)c2ccccc2)cc1. The van der Waals surface area contributed by atoms with Crippen LogP contribution in [-0.4, -0.2) is 5.78 Å². The maximum absolute atomic E-state index is 12.7. The van der Waals surface area contributed by atoms with E-state index in [0.29, 0.717) is 0 Å². The number of hydrogen-bond donors (Lipinski definition) is 0. The quantitative estimate of drug-likeness (QED) is 0.620. The summed E-state index contributed by atoms with van der Waals surface area (Å²) in [5.41, 5.74) is 4.72. The fourth-order valence-corrected chi connectivity index (χ4v) is 2.41. The first-order valence-corrected chi connectivity index (χ1v) is 7.01. The lowest BCUT2D eigenvalue weighted by Gasteiger charge is -2.09. The van der Waals surface area contributed by atoms with Crippen LogP contribution < -0.4 is 0 Å². The molecule has 21 heavy (non-hydrogen) atoms. The lowest BCUT2D eigenvalue weighted by Crippen LogP contribution is -2.03. The van der Waals surface area contributed by atoms with Crippen LogP contribution in [0.5, 0.6) is 0 Å². The minimum atomic E-state index is 0.0618. The van der Waals surface area contributed by atoms with E-state index in [1.807, 2.05) is 54.6 Å². The highest BCUT2D eigenvalue weighted by Gasteiger charge is 2.13. The third-order valence-corrected chi connectivity index (χ3v) is 3.57. The Morgan fingerprint density at radius 2 is 1.33 bits per heavy atom. The third-order valence-electron chi connectivity index (χ3n) is 3.57. The van der Waals surface area contributed by atoms with Crippen molar-refractivity contribution in [2.45, 2.75) is 6.92 Å². The molecule has 0 aliphatic carbocycles. The van der Waals surface area contributed by atoms with Crippen LogP contribution in [0.15, 0.2) is 78.9 Å². The molecule has 0 aromatic heterocycles. The lowest BCUT2D eigenvalue weighted by atomic mass is 9.93. The number of carbonyl (C=O) groups excluding carboxylic acids is 1. The maximum atomic E-state index is 12.7. The molecule has 0 radical (unpaired) electrons. The molecular weight excluding hydrogens is 256 g/mol. The Kier molecular flexibility index (Phi) is 3.65. The lowest BCUT2D eigenvalue weighted by molar-refractivity contribution is 0.103. The molecule has 0 saturated carbocycles. The van der Waals surface area contributed by atoms with Crippen molar-refractivity contribution in [3.05, 3.63) is 95.6 Å². The molecule has 0 aliphatic rings. The standard InChI is InChI=1S/C20H16O/c1-15-11-13-16(14-12-15)18-9-5-6-10-19(18)20(21)17-7-3-2-4-8-17/h2-14H,1H3. The van der Waals surface area contributed by atoms with E-state index >= 15 is 0 Å². The summed E-state index contributed by atoms with van der Waals surface area (Å²) in [5.74, 6) is 0.0618. The van der Waals surface area contributed by atoms with Crippen LogP contribution >= 0.6 is 0 Å². The molecule has 102 valence electrons. The van der Waals surface area contributed by atoms with Gasteiger partial charge in [-0.1, -0.05) is 84.4 Å². The summed E-state index contributed by atoms with van der Waals surface area (Å²) in [7, 11) is 0. The number of carbonyl (C=O) groups is 1. The van der Waals surface area contributed by atoms with Gasteiger partial charge in [0.25, 0.3) is 0 Å². The molecule has 0 fully saturated rings. The first kappa shape index (κ1) is 13.3. The van der Waals surface area contributed by atoms with Gasteiger partial charge in [0.05, 0.1) is 0 Å². The molecule has 3 aromatic rings. The van der Waals surface area contributed by atoms with E-state index in [1.165, 1.54) is 5.56 Å². The first-order chi connectivity index (χ1) is 10.3. The number of aryl methyl sites for hydroxylation is 1. The van der Waals surface area contributed by atoms with Crippen LogP contribution in [0, 0.1) is 6.92 Å². The van der Waals surface area contributed by atoms with Crippen LogP contribution in [0.2, 0.25) is 0 Å². The van der Waals surface area contributed by atoms with Gasteiger partial charge in [0.15, 0.2) is 5.78 Å². The van der Waals surface area contributed by atoms with Crippen LogP contribution in [0.3, 0.4) is 0 Å². The van der Waals surface area contributed by atoms with E-state index in [2.05, 4.69) is 31.2 Å². The first-order valence-electron chi connectivity index (χ1n) is 7.01. The van der Waals surface area contributed by atoms with Gasteiger partial charge in [-0.15, -0.1) is 0 Å². The van der Waals surface area contributed by atoms with Gasteiger partial charge in [-0.2, -0.15) is 0 Å². The zero-order chi connectivity index (χ0) is 14.7. The molecule has 0 spiro atoms. The van der Waals surface area contributed by atoms with Crippen LogP contribution in [0.1, 0.15) is 21.5 Å². The Hall–Kier alpha value is -2.67. The van der Waals surface area contributed by atoms with E-state index in [-0.39, 0.29) is 5.78 Å². The van der Waals surface area contributed by atoms with E-state index in [4.69, 9.17) is 0 Å². The van der Waals surface area contributed by atoms with Crippen molar-refractivity contribution in [2.24, 2.45) is 0 Å². The smallest absolute Gasteiger partial charge is 0.193 e. The maximum Gasteiger partial charge on any atom is 0.193 e. The molecular formula is C20H16O. The molecule has 1 heteroatoms. The van der Waals surface area contributed by atoms with Gasteiger partial charge < -0.3 is 0 Å². The van der Waals surface area contributed by atoms with Gasteiger partial charge in [0.1, 0.15) is 0 Å². The van der Waals surface area contributed by atoms with Crippen LogP contribution in [0.4, 0.5) is 0 Å². The average Bonchev–Trinajstić information content (AvgIpc) is 2.56. The summed E-state index contributed by atoms with van der Waals surface area (Å²) < 4.78 is 0. The number of benzene rings is 3. The number of ketones is 1. The van der Waals surface area contributed by atoms with E-state index in [1.54, 1.807) is 0 Å². The van der Waals surface area contributed by atoms with E-state index in [0.717, 1.165) is 22.3 Å². The third kappa shape index (κ3) is 2.77. The van der Waals surface area contributed by atoms with Gasteiger partial charge in [-0.25, -0.2) is 0 Å². The topological polar surface area (TPSA) is 17.1 Å². The van der Waals surface area contributed by atoms with Gasteiger partial charge in [0, 0.05) is 11.1 Å².